The smallest absolute Gasteiger partial charge is 0.151 e. The number of hydrogen-bond acceptors (Lipinski definition) is 3. The number of halogens is 1. The molecule has 0 aliphatic carbocycles. The molecule has 0 bridgehead atoms. The quantitative estimate of drug-likeness (QED) is 0.796. The normalized spacial score (nSPS) is 15.5. The lowest BCUT2D eigenvalue weighted by molar-refractivity contribution is 0.529. The van der Waals surface area contributed by atoms with Gasteiger partial charge in [0, 0.05) is 23.8 Å². The van der Waals surface area contributed by atoms with Crippen molar-refractivity contribution < 1.29 is 4.55 Å². The molecule has 2 rings (SSSR count). The van der Waals surface area contributed by atoms with Gasteiger partial charge in [0.1, 0.15) is 4.75 Å². The molecule has 1 N–H and O–H groups in total. The predicted molar refractivity (Wildman–Crippen MR) is 96.4 cm³/mol. The molecule has 2 heterocycles. The lowest BCUT2D eigenvalue weighted by atomic mass is 10.1. The van der Waals surface area contributed by atoms with Gasteiger partial charge in [-0.05, 0) is 61.2 Å². The van der Waals surface area contributed by atoms with Crippen LogP contribution in [0.2, 0.25) is 0 Å². The zero-order chi connectivity index (χ0) is 16.7. The summed E-state index contributed by atoms with van der Waals surface area (Å²) in [5, 5.41) is 0. The third-order valence-corrected chi connectivity index (χ3v) is 5.76. The molecule has 22 heavy (non-hydrogen) atoms. The molecule has 122 valence electrons. The van der Waals surface area contributed by atoms with E-state index < -0.39 is 11.4 Å². The molecule has 0 radical (unpaired) electrons. The highest BCUT2D eigenvalue weighted by Crippen LogP contribution is 2.26. The van der Waals surface area contributed by atoms with Crippen LogP contribution in [0.15, 0.2) is 22.9 Å². The van der Waals surface area contributed by atoms with Crippen molar-refractivity contribution in [2.75, 3.05) is 0 Å². The highest BCUT2D eigenvalue weighted by molar-refractivity contribution is 9.10. The van der Waals surface area contributed by atoms with Crippen LogP contribution in [0.3, 0.4) is 0 Å². The largest absolute Gasteiger partial charge is 0.598 e. The summed E-state index contributed by atoms with van der Waals surface area (Å²) in [6.45, 7) is 12.2. The fourth-order valence-corrected chi connectivity index (χ4v) is 3.37. The van der Waals surface area contributed by atoms with Gasteiger partial charge in [0.15, 0.2) is 5.65 Å². The second-order valence-corrected chi connectivity index (χ2v) is 9.75. The Morgan fingerprint density at radius 1 is 1.27 bits per heavy atom. The van der Waals surface area contributed by atoms with Crippen LogP contribution in [0.5, 0.6) is 0 Å². The van der Waals surface area contributed by atoms with Gasteiger partial charge in [-0.1, -0.05) is 13.8 Å². The number of pyridine rings is 1. The van der Waals surface area contributed by atoms with Crippen molar-refractivity contribution in [1.82, 2.24) is 14.1 Å². The molecule has 6 heteroatoms. The standard InChI is InChI=1S/C16H24BrN3OS/c1-10(2)12-7-13(17)15-18-14(9-20(15)8-12)11(3)19-22(21)16(4,5)6/h7-11,19H,1-6H3/t11-,22-/m1/s1. The van der Waals surface area contributed by atoms with E-state index in [0.717, 1.165) is 15.8 Å². The van der Waals surface area contributed by atoms with Gasteiger partial charge >= 0.3 is 0 Å². The van der Waals surface area contributed by atoms with E-state index in [1.807, 2.05) is 38.3 Å². The van der Waals surface area contributed by atoms with Crippen molar-refractivity contribution in [3.05, 3.63) is 34.2 Å². The van der Waals surface area contributed by atoms with Crippen molar-refractivity contribution >= 4 is 32.9 Å². The molecule has 0 saturated heterocycles. The van der Waals surface area contributed by atoms with Gasteiger partial charge in [-0.2, -0.15) is 0 Å². The fraction of sp³-hybridized carbons (Fsp3) is 0.562. The van der Waals surface area contributed by atoms with E-state index in [2.05, 4.69) is 51.7 Å². The third kappa shape index (κ3) is 3.85. The number of fused-ring (bicyclic) bond motifs is 1. The molecular weight excluding hydrogens is 362 g/mol. The van der Waals surface area contributed by atoms with E-state index in [4.69, 9.17) is 0 Å². The minimum atomic E-state index is -1.12. The van der Waals surface area contributed by atoms with Gasteiger partial charge < -0.3 is 8.95 Å². The van der Waals surface area contributed by atoms with Gasteiger partial charge in [0.25, 0.3) is 0 Å². The maximum Gasteiger partial charge on any atom is 0.151 e. The van der Waals surface area contributed by atoms with Gasteiger partial charge in [-0.25, -0.2) is 4.98 Å². The van der Waals surface area contributed by atoms with E-state index >= 15 is 0 Å². The lowest BCUT2D eigenvalue weighted by Gasteiger charge is -2.25. The first-order chi connectivity index (χ1) is 10.1. The summed E-state index contributed by atoms with van der Waals surface area (Å²) in [6.07, 6.45) is 4.11. The average molecular weight is 386 g/mol. The maximum absolute atomic E-state index is 12.2. The number of imidazole rings is 1. The molecule has 0 unspecified atom stereocenters. The molecule has 2 atom stereocenters. The third-order valence-electron chi connectivity index (χ3n) is 3.50. The molecule has 0 saturated carbocycles. The summed E-state index contributed by atoms with van der Waals surface area (Å²) in [7, 11) is 0. The molecule has 0 aliphatic heterocycles. The zero-order valence-electron chi connectivity index (χ0n) is 14.0. The Balaban J connectivity index is 2.31. The first-order valence-electron chi connectivity index (χ1n) is 7.45. The zero-order valence-corrected chi connectivity index (χ0v) is 16.4. The Morgan fingerprint density at radius 2 is 1.91 bits per heavy atom. The highest BCUT2D eigenvalue weighted by atomic mass is 79.9. The van der Waals surface area contributed by atoms with E-state index in [9.17, 15) is 4.55 Å². The average Bonchev–Trinajstić information content (AvgIpc) is 2.81. The molecule has 0 amide bonds. The lowest BCUT2D eigenvalue weighted by Crippen LogP contribution is -2.40. The Hall–Kier alpha value is -0.560. The van der Waals surface area contributed by atoms with Gasteiger partial charge in [0.05, 0.1) is 16.2 Å². The van der Waals surface area contributed by atoms with Crippen LogP contribution < -0.4 is 4.72 Å². The van der Waals surface area contributed by atoms with Crippen molar-refractivity contribution in [2.45, 2.75) is 58.2 Å². The maximum atomic E-state index is 12.2. The number of aromatic nitrogens is 2. The Kier molecular flexibility index (Phi) is 5.27. The summed E-state index contributed by atoms with van der Waals surface area (Å²) < 4.78 is 18.1. The summed E-state index contributed by atoms with van der Waals surface area (Å²) in [5.41, 5.74) is 3.02. The van der Waals surface area contributed by atoms with Crippen molar-refractivity contribution in [2.24, 2.45) is 0 Å². The second kappa shape index (κ2) is 6.51. The monoisotopic (exact) mass is 385 g/mol. The molecular formula is C16H24BrN3OS. The van der Waals surface area contributed by atoms with E-state index in [0.29, 0.717) is 5.92 Å². The van der Waals surface area contributed by atoms with Crippen LogP contribution in [-0.2, 0) is 11.4 Å². The van der Waals surface area contributed by atoms with Crippen LogP contribution in [0.1, 0.15) is 64.8 Å². The Labute approximate surface area is 144 Å². The Bertz CT molecular complexity index is 663. The summed E-state index contributed by atoms with van der Waals surface area (Å²) >= 11 is 2.48. The SMILES string of the molecule is CC(C)c1cc(Br)c2nc([C@@H](C)N[S@+]([O-])C(C)(C)C)cn2c1. The first-order valence-corrected chi connectivity index (χ1v) is 9.40. The van der Waals surface area contributed by atoms with E-state index in [-0.39, 0.29) is 10.8 Å². The van der Waals surface area contributed by atoms with Crippen LogP contribution in [0.25, 0.3) is 5.65 Å². The summed E-state index contributed by atoms with van der Waals surface area (Å²) in [6, 6.07) is 2.04. The summed E-state index contributed by atoms with van der Waals surface area (Å²) in [5.74, 6) is 0.454. The molecule has 2 aromatic rings. The minimum absolute atomic E-state index is 0.0747. The van der Waals surface area contributed by atoms with Crippen molar-refractivity contribution in [1.29, 1.82) is 0 Å². The fourth-order valence-electron chi connectivity index (χ4n) is 2.02. The second-order valence-electron chi connectivity index (χ2n) is 6.89. The molecule has 4 nitrogen and oxygen atoms in total. The van der Waals surface area contributed by atoms with E-state index in [1.165, 1.54) is 5.56 Å². The van der Waals surface area contributed by atoms with Crippen LogP contribution in [0, 0.1) is 0 Å². The number of nitrogens with zero attached hydrogens (tertiary/aromatic N) is 2. The van der Waals surface area contributed by atoms with Crippen molar-refractivity contribution in [3.8, 4) is 0 Å². The van der Waals surface area contributed by atoms with Crippen LogP contribution in [0.4, 0.5) is 0 Å². The molecule has 0 aromatic carbocycles. The van der Waals surface area contributed by atoms with E-state index in [1.54, 1.807) is 0 Å². The number of hydrogen-bond donors (Lipinski definition) is 1. The van der Waals surface area contributed by atoms with Crippen LogP contribution >= 0.6 is 15.9 Å². The molecule has 0 spiro atoms. The predicted octanol–water partition coefficient (Wildman–Crippen LogP) is 4.33. The van der Waals surface area contributed by atoms with Crippen molar-refractivity contribution in [3.63, 3.8) is 0 Å². The highest BCUT2D eigenvalue weighted by Gasteiger charge is 2.29. The summed E-state index contributed by atoms with van der Waals surface area (Å²) in [4.78, 5) is 4.67. The molecule has 2 aromatic heterocycles. The Morgan fingerprint density at radius 3 is 2.45 bits per heavy atom. The van der Waals surface area contributed by atoms with Gasteiger partial charge in [-0.3, -0.25) is 0 Å². The topological polar surface area (TPSA) is 52.4 Å². The first kappa shape index (κ1) is 17.8. The molecule has 0 fully saturated rings. The number of rotatable bonds is 4. The minimum Gasteiger partial charge on any atom is -0.598 e. The van der Waals surface area contributed by atoms with Crippen LogP contribution in [-0.4, -0.2) is 18.7 Å². The van der Waals surface area contributed by atoms with Gasteiger partial charge in [-0.15, -0.1) is 4.72 Å². The number of nitrogens with one attached hydrogen (secondary N) is 1. The van der Waals surface area contributed by atoms with Gasteiger partial charge in [0.2, 0.25) is 0 Å². The molecule has 0 aliphatic rings.